The Kier molecular flexibility index (Phi) is 3.52. The van der Waals surface area contributed by atoms with Crippen molar-refractivity contribution in [2.75, 3.05) is 39.8 Å². The molecule has 1 saturated heterocycles. The summed E-state index contributed by atoms with van der Waals surface area (Å²) in [7, 11) is 1.83. The van der Waals surface area contributed by atoms with E-state index in [9.17, 15) is 5.11 Å². The maximum absolute atomic E-state index is 10.0. The van der Waals surface area contributed by atoms with E-state index in [0.717, 1.165) is 37.7 Å². The van der Waals surface area contributed by atoms with Gasteiger partial charge in [0.25, 0.3) is 0 Å². The standard InChI is InChI=1S/C10H19N5O/c1-8-12-13-9(10(16)14(8)2)7-15-5-3-11-4-6-15/h10-11,16H,3-7H2,1-2H3. The summed E-state index contributed by atoms with van der Waals surface area (Å²) in [6.45, 7) is 6.54. The number of aliphatic hydroxyl groups excluding tert-OH is 1. The van der Waals surface area contributed by atoms with Gasteiger partial charge in [0, 0.05) is 39.8 Å². The van der Waals surface area contributed by atoms with E-state index in [2.05, 4.69) is 20.4 Å². The number of hydrogen-bond acceptors (Lipinski definition) is 6. The lowest BCUT2D eigenvalue weighted by atomic mass is 10.2. The van der Waals surface area contributed by atoms with Gasteiger partial charge in [-0.15, -0.1) is 5.10 Å². The van der Waals surface area contributed by atoms with Crippen LogP contribution in [0.2, 0.25) is 0 Å². The molecule has 0 aromatic heterocycles. The van der Waals surface area contributed by atoms with Gasteiger partial charge in [0.1, 0.15) is 11.5 Å². The van der Waals surface area contributed by atoms with Crippen molar-refractivity contribution in [3.8, 4) is 0 Å². The van der Waals surface area contributed by atoms with Crippen LogP contribution in [0.4, 0.5) is 0 Å². The average Bonchev–Trinajstić information content (AvgIpc) is 2.31. The van der Waals surface area contributed by atoms with E-state index >= 15 is 0 Å². The van der Waals surface area contributed by atoms with Crippen LogP contribution in [0.25, 0.3) is 0 Å². The molecule has 6 heteroatoms. The van der Waals surface area contributed by atoms with Gasteiger partial charge in [0.2, 0.25) is 0 Å². The molecule has 1 unspecified atom stereocenters. The molecule has 2 heterocycles. The second kappa shape index (κ2) is 4.90. The number of nitrogens with zero attached hydrogens (tertiary/aromatic N) is 4. The van der Waals surface area contributed by atoms with Crippen LogP contribution in [0.1, 0.15) is 6.92 Å². The molecule has 90 valence electrons. The first-order chi connectivity index (χ1) is 7.68. The lowest BCUT2D eigenvalue weighted by Crippen LogP contribution is -2.51. The summed E-state index contributed by atoms with van der Waals surface area (Å²) >= 11 is 0. The molecule has 2 aliphatic rings. The fourth-order valence-electron chi connectivity index (χ4n) is 1.87. The zero-order valence-corrected chi connectivity index (χ0v) is 9.85. The Morgan fingerprint density at radius 2 is 2.06 bits per heavy atom. The predicted molar refractivity (Wildman–Crippen MR) is 63.6 cm³/mol. The first-order valence-electron chi connectivity index (χ1n) is 5.63. The van der Waals surface area contributed by atoms with Gasteiger partial charge in [-0.05, 0) is 6.92 Å². The van der Waals surface area contributed by atoms with Crippen LogP contribution in [-0.4, -0.2) is 72.5 Å². The van der Waals surface area contributed by atoms with Gasteiger partial charge in [0.15, 0.2) is 6.23 Å². The molecule has 16 heavy (non-hydrogen) atoms. The summed E-state index contributed by atoms with van der Waals surface area (Å²) in [6.07, 6.45) is -0.632. The van der Waals surface area contributed by atoms with Gasteiger partial charge in [-0.1, -0.05) is 0 Å². The third-order valence-corrected chi connectivity index (χ3v) is 3.09. The zero-order chi connectivity index (χ0) is 11.5. The smallest absolute Gasteiger partial charge is 0.170 e. The SMILES string of the molecule is CC1=NN=C(CN2CCNCC2)C(O)N1C. The van der Waals surface area contributed by atoms with Crippen molar-refractivity contribution in [1.82, 2.24) is 15.1 Å². The van der Waals surface area contributed by atoms with Crippen LogP contribution >= 0.6 is 0 Å². The molecule has 0 radical (unpaired) electrons. The molecular formula is C10H19N5O. The van der Waals surface area contributed by atoms with Crippen molar-refractivity contribution in [2.24, 2.45) is 10.2 Å². The average molecular weight is 225 g/mol. The molecule has 2 N–H and O–H groups in total. The van der Waals surface area contributed by atoms with Gasteiger partial charge in [-0.25, -0.2) is 0 Å². The van der Waals surface area contributed by atoms with Crippen molar-refractivity contribution in [3.63, 3.8) is 0 Å². The van der Waals surface area contributed by atoms with Gasteiger partial charge < -0.3 is 15.3 Å². The number of hydrogen-bond donors (Lipinski definition) is 2. The summed E-state index contributed by atoms with van der Waals surface area (Å²) in [6, 6.07) is 0. The summed E-state index contributed by atoms with van der Waals surface area (Å²) in [5, 5.41) is 21.4. The number of rotatable bonds is 2. The topological polar surface area (TPSA) is 63.5 Å². The van der Waals surface area contributed by atoms with Crippen LogP contribution in [0.15, 0.2) is 10.2 Å². The Morgan fingerprint density at radius 3 is 2.75 bits per heavy atom. The first-order valence-corrected chi connectivity index (χ1v) is 5.63. The van der Waals surface area contributed by atoms with E-state index in [0.29, 0.717) is 6.54 Å². The quantitative estimate of drug-likeness (QED) is 0.628. The number of piperazine rings is 1. The molecule has 0 aliphatic carbocycles. The Labute approximate surface area is 95.6 Å². The molecule has 0 saturated carbocycles. The Balaban J connectivity index is 1.98. The Morgan fingerprint density at radius 1 is 1.38 bits per heavy atom. The van der Waals surface area contributed by atoms with E-state index in [1.165, 1.54) is 0 Å². The van der Waals surface area contributed by atoms with Crippen molar-refractivity contribution in [1.29, 1.82) is 0 Å². The Bertz CT molecular complexity index is 308. The zero-order valence-electron chi connectivity index (χ0n) is 9.85. The third-order valence-electron chi connectivity index (χ3n) is 3.09. The maximum Gasteiger partial charge on any atom is 0.170 e. The van der Waals surface area contributed by atoms with Gasteiger partial charge in [-0.2, -0.15) is 5.10 Å². The van der Waals surface area contributed by atoms with Crippen LogP contribution < -0.4 is 5.32 Å². The van der Waals surface area contributed by atoms with E-state index in [4.69, 9.17) is 0 Å². The van der Waals surface area contributed by atoms with Crippen molar-refractivity contribution < 1.29 is 5.11 Å². The highest BCUT2D eigenvalue weighted by Gasteiger charge is 2.25. The lowest BCUT2D eigenvalue weighted by Gasteiger charge is -2.32. The summed E-state index contributed by atoms with van der Waals surface area (Å²) < 4.78 is 0. The summed E-state index contributed by atoms with van der Waals surface area (Å²) in [4.78, 5) is 4.02. The third kappa shape index (κ3) is 2.40. The molecule has 6 nitrogen and oxygen atoms in total. The highest BCUT2D eigenvalue weighted by atomic mass is 16.3. The summed E-state index contributed by atoms with van der Waals surface area (Å²) in [5.41, 5.74) is 0.731. The molecule has 0 bridgehead atoms. The molecule has 0 aromatic rings. The van der Waals surface area contributed by atoms with E-state index < -0.39 is 6.23 Å². The summed E-state index contributed by atoms with van der Waals surface area (Å²) in [5.74, 6) is 0.747. The fourth-order valence-corrected chi connectivity index (χ4v) is 1.87. The highest BCUT2D eigenvalue weighted by molar-refractivity contribution is 5.96. The fraction of sp³-hybridized carbons (Fsp3) is 0.800. The van der Waals surface area contributed by atoms with Crippen LogP contribution in [-0.2, 0) is 0 Å². The molecule has 2 aliphatic heterocycles. The minimum atomic E-state index is -0.632. The molecule has 1 fully saturated rings. The van der Waals surface area contributed by atoms with Gasteiger partial charge in [-0.3, -0.25) is 4.90 Å². The number of aliphatic hydroxyl groups is 1. The highest BCUT2D eigenvalue weighted by Crippen LogP contribution is 2.07. The maximum atomic E-state index is 10.0. The van der Waals surface area contributed by atoms with E-state index in [1.54, 1.807) is 4.90 Å². The molecule has 0 amide bonds. The van der Waals surface area contributed by atoms with Crippen molar-refractivity contribution in [3.05, 3.63) is 0 Å². The predicted octanol–water partition coefficient (Wildman–Crippen LogP) is -1.07. The normalized spacial score (nSPS) is 27.7. The van der Waals surface area contributed by atoms with Gasteiger partial charge >= 0.3 is 0 Å². The minimum absolute atomic E-state index is 0.632. The second-order valence-corrected chi connectivity index (χ2v) is 4.25. The molecule has 2 rings (SSSR count). The number of amidine groups is 1. The van der Waals surface area contributed by atoms with Crippen LogP contribution in [0, 0.1) is 0 Å². The van der Waals surface area contributed by atoms with Crippen LogP contribution in [0.3, 0.4) is 0 Å². The van der Waals surface area contributed by atoms with E-state index in [1.807, 2.05) is 14.0 Å². The molecular weight excluding hydrogens is 206 g/mol. The second-order valence-electron chi connectivity index (χ2n) is 4.25. The van der Waals surface area contributed by atoms with Crippen molar-refractivity contribution >= 4 is 11.5 Å². The molecule has 0 spiro atoms. The monoisotopic (exact) mass is 225 g/mol. The number of nitrogens with one attached hydrogen (secondary N) is 1. The first kappa shape index (κ1) is 11.5. The largest absolute Gasteiger partial charge is 0.368 e. The lowest BCUT2D eigenvalue weighted by molar-refractivity contribution is 0.123. The van der Waals surface area contributed by atoms with Crippen LogP contribution in [0.5, 0.6) is 0 Å². The van der Waals surface area contributed by atoms with Crippen molar-refractivity contribution in [2.45, 2.75) is 13.2 Å². The Hall–Kier alpha value is -0.980. The molecule has 0 aromatic carbocycles. The van der Waals surface area contributed by atoms with E-state index in [-0.39, 0.29) is 0 Å². The minimum Gasteiger partial charge on any atom is -0.368 e. The molecule has 1 atom stereocenters. The van der Waals surface area contributed by atoms with Gasteiger partial charge in [0.05, 0.1) is 0 Å².